The Morgan fingerprint density at radius 3 is 2.38 bits per heavy atom. The van der Waals surface area contributed by atoms with Gasteiger partial charge in [0.25, 0.3) is 0 Å². The molecule has 1 aromatic heterocycles. The lowest BCUT2D eigenvalue weighted by molar-refractivity contribution is 0.578. The number of nitrogens with two attached hydrogens (primary N) is 1. The van der Waals surface area contributed by atoms with E-state index in [-0.39, 0.29) is 0 Å². The normalized spacial score (nSPS) is 15.0. The number of anilines is 4. The first kappa shape index (κ1) is 13.7. The van der Waals surface area contributed by atoms with Gasteiger partial charge in [-0.05, 0) is 62.6 Å². The molecule has 1 aromatic carbocycles. The van der Waals surface area contributed by atoms with Crippen molar-refractivity contribution in [2.24, 2.45) is 0 Å². The van der Waals surface area contributed by atoms with Gasteiger partial charge in [-0.25, -0.2) is 4.98 Å². The van der Waals surface area contributed by atoms with Gasteiger partial charge in [0.2, 0.25) is 0 Å². The Labute approximate surface area is 126 Å². The highest BCUT2D eigenvalue weighted by molar-refractivity contribution is 5.62. The molecule has 0 spiro atoms. The summed E-state index contributed by atoms with van der Waals surface area (Å²) in [6.45, 7) is 4.26. The monoisotopic (exact) mass is 282 g/mol. The molecule has 2 heterocycles. The van der Waals surface area contributed by atoms with E-state index in [1.165, 1.54) is 38.0 Å². The number of piperidine rings is 1. The van der Waals surface area contributed by atoms with Crippen LogP contribution in [0.25, 0.3) is 0 Å². The number of pyridine rings is 1. The molecular weight excluding hydrogens is 260 g/mol. The summed E-state index contributed by atoms with van der Waals surface area (Å²) in [5, 5.41) is 3.32. The minimum absolute atomic E-state index is 0.723. The van der Waals surface area contributed by atoms with Crippen LogP contribution < -0.4 is 16.0 Å². The Bertz CT molecular complexity index is 601. The first-order chi connectivity index (χ1) is 10.2. The van der Waals surface area contributed by atoms with Gasteiger partial charge in [-0.1, -0.05) is 0 Å². The average Bonchev–Trinajstić information content (AvgIpc) is 2.53. The van der Waals surface area contributed by atoms with E-state index in [0.717, 1.165) is 22.9 Å². The number of nitrogens with one attached hydrogen (secondary N) is 1. The molecule has 110 valence electrons. The molecule has 1 aliphatic heterocycles. The molecule has 3 N–H and O–H groups in total. The average molecular weight is 282 g/mol. The number of nitrogens with zero attached hydrogens (tertiary/aromatic N) is 2. The fourth-order valence-electron chi connectivity index (χ4n) is 2.70. The van der Waals surface area contributed by atoms with Crippen molar-refractivity contribution in [3.05, 3.63) is 42.1 Å². The van der Waals surface area contributed by atoms with Crippen LogP contribution in [0.4, 0.5) is 22.9 Å². The van der Waals surface area contributed by atoms with Gasteiger partial charge in [0, 0.05) is 24.5 Å². The fourth-order valence-corrected chi connectivity index (χ4v) is 2.70. The third kappa shape index (κ3) is 3.27. The van der Waals surface area contributed by atoms with E-state index in [1.807, 2.05) is 19.1 Å². The van der Waals surface area contributed by atoms with Crippen LogP contribution >= 0.6 is 0 Å². The number of hydrogen-bond donors (Lipinski definition) is 2. The SMILES string of the molecule is Cc1nc(Nc2ccc(N3CCCCC3)cc2)ccc1N. The second-order valence-corrected chi connectivity index (χ2v) is 5.59. The molecule has 0 radical (unpaired) electrons. The maximum atomic E-state index is 5.79. The smallest absolute Gasteiger partial charge is 0.130 e. The number of benzene rings is 1. The van der Waals surface area contributed by atoms with Crippen molar-refractivity contribution in [2.45, 2.75) is 26.2 Å². The molecule has 4 heteroatoms. The zero-order valence-corrected chi connectivity index (χ0v) is 12.5. The van der Waals surface area contributed by atoms with Crippen molar-refractivity contribution < 1.29 is 0 Å². The quantitative estimate of drug-likeness (QED) is 0.901. The number of nitrogen functional groups attached to an aromatic ring is 1. The topological polar surface area (TPSA) is 54.2 Å². The van der Waals surface area contributed by atoms with Gasteiger partial charge in [0.05, 0.1) is 11.4 Å². The largest absolute Gasteiger partial charge is 0.397 e. The van der Waals surface area contributed by atoms with Crippen LogP contribution in [0.1, 0.15) is 25.0 Å². The summed E-state index contributed by atoms with van der Waals surface area (Å²) in [6, 6.07) is 12.4. The minimum atomic E-state index is 0.723. The van der Waals surface area contributed by atoms with Gasteiger partial charge in [-0.15, -0.1) is 0 Å². The summed E-state index contributed by atoms with van der Waals surface area (Å²) in [4.78, 5) is 6.89. The highest BCUT2D eigenvalue weighted by Gasteiger charge is 2.10. The van der Waals surface area contributed by atoms with Crippen LogP contribution in [-0.2, 0) is 0 Å². The fraction of sp³-hybridized carbons (Fsp3) is 0.353. The Morgan fingerprint density at radius 1 is 1.00 bits per heavy atom. The van der Waals surface area contributed by atoms with Gasteiger partial charge >= 0.3 is 0 Å². The summed E-state index contributed by atoms with van der Waals surface area (Å²) in [5.41, 5.74) is 9.72. The number of aromatic nitrogens is 1. The first-order valence-electron chi connectivity index (χ1n) is 7.57. The van der Waals surface area contributed by atoms with Gasteiger partial charge in [-0.3, -0.25) is 0 Å². The maximum absolute atomic E-state index is 5.79. The molecule has 1 saturated heterocycles. The lowest BCUT2D eigenvalue weighted by Crippen LogP contribution is -2.29. The third-order valence-electron chi connectivity index (χ3n) is 3.99. The van der Waals surface area contributed by atoms with Crippen molar-refractivity contribution >= 4 is 22.9 Å². The molecule has 0 saturated carbocycles. The summed E-state index contributed by atoms with van der Waals surface area (Å²) < 4.78 is 0. The molecule has 0 amide bonds. The predicted octanol–water partition coefficient (Wildman–Crippen LogP) is 3.71. The van der Waals surface area contributed by atoms with Crippen LogP contribution in [0.2, 0.25) is 0 Å². The van der Waals surface area contributed by atoms with E-state index in [0.29, 0.717) is 0 Å². The van der Waals surface area contributed by atoms with Crippen LogP contribution in [0.15, 0.2) is 36.4 Å². The van der Waals surface area contributed by atoms with Gasteiger partial charge in [0.1, 0.15) is 5.82 Å². The molecule has 3 rings (SSSR count). The van der Waals surface area contributed by atoms with Crippen LogP contribution in [0.5, 0.6) is 0 Å². The second kappa shape index (κ2) is 6.04. The van der Waals surface area contributed by atoms with E-state index in [4.69, 9.17) is 5.73 Å². The van der Waals surface area contributed by atoms with Crippen LogP contribution in [0.3, 0.4) is 0 Å². The minimum Gasteiger partial charge on any atom is -0.397 e. The number of aryl methyl sites for hydroxylation is 1. The first-order valence-corrected chi connectivity index (χ1v) is 7.57. The molecule has 4 nitrogen and oxygen atoms in total. The number of rotatable bonds is 3. The van der Waals surface area contributed by atoms with E-state index in [1.54, 1.807) is 0 Å². The Morgan fingerprint density at radius 2 is 1.71 bits per heavy atom. The molecule has 1 fully saturated rings. The highest BCUT2D eigenvalue weighted by atomic mass is 15.1. The van der Waals surface area contributed by atoms with Crippen molar-refractivity contribution in [3.63, 3.8) is 0 Å². The van der Waals surface area contributed by atoms with Gasteiger partial charge in [-0.2, -0.15) is 0 Å². The van der Waals surface area contributed by atoms with Crippen LogP contribution in [0, 0.1) is 6.92 Å². The third-order valence-corrected chi connectivity index (χ3v) is 3.99. The van der Waals surface area contributed by atoms with E-state index in [9.17, 15) is 0 Å². The van der Waals surface area contributed by atoms with E-state index in [2.05, 4.69) is 39.5 Å². The Balaban J connectivity index is 1.70. The zero-order valence-electron chi connectivity index (χ0n) is 12.5. The lowest BCUT2D eigenvalue weighted by Gasteiger charge is -2.28. The molecular formula is C17H22N4. The van der Waals surface area contributed by atoms with Gasteiger partial charge in [0.15, 0.2) is 0 Å². The number of hydrogen-bond acceptors (Lipinski definition) is 4. The van der Waals surface area contributed by atoms with Crippen molar-refractivity contribution in [3.8, 4) is 0 Å². The van der Waals surface area contributed by atoms with Gasteiger partial charge < -0.3 is 16.0 Å². The van der Waals surface area contributed by atoms with E-state index < -0.39 is 0 Å². The summed E-state index contributed by atoms with van der Waals surface area (Å²) in [5.74, 6) is 0.826. The van der Waals surface area contributed by atoms with Crippen molar-refractivity contribution in [2.75, 3.05) is 29.0 Å². The van der Waals surface area contributed by atoms with Crippen LogP contribution in [-0.4, -0.2) is 18.1 Å². The molecule has 21 heavy (non-hydrogen) atoms. The second-order valence-electron chi connectivity index (χ2n) is 5.59. The Hall–Kier alpha value is -2.23. The standard InChI is InChI=1S/C17H22N4/c1-13-16(18)9-10-17(19-13)20-14-5-7-15(8-6-14)21-11-3-2-4-12-21/h5-10H,2-4,11-12,18H2,1H3,(H,19,20). The summed E-state index contributed by atoms with van der Waals surface area (Å²) >= 11 is 0. The Kier molecular flexibility index (Phi) is 3.95. The molecule has 0 aliphatic carbocycles. The van der Waals surface area contributed by atoms with E-state index >= 15 is 0 Å². The zero-order chi connectivity index (χ0) is 14.7. The molecule has 0 unspecified atom stereocenters. The summed E-state index contributed by atoms with van der Waals surface area (Å²) in [6.07, 6.45) is 3.96. The molecule has 0 atom stereocenters. The van der Waals surface area contributed by atoms with Crippen molar-refractivity contribution in [1.29, 1.82) is 0 Å². The van der Waals surface area contributed by atoms with Crippen molar-refractivity contribution in [1.82, 2.24) is 4.98 Å². The predicted molar refractivity (Wildman–Crippen MR) is 89.2 cm³/mol. The maximum Gasteiger partial charge on any atom is 0.130 e. The molecule has 2 aromatic rings. The lowest BCUT2D eigenvalue weighted by atomic mass is 10.1. The summed E-state index contributed by atoms with van der Waals surface area (Å²) in [7, 11) is 0. The molecule has 0 bridgehead atoms. The highest BCUT2D eigenvalue weighted by Crippen LogP contribution is 2.23. The molecule has 1 aliphatic rings.